The Labute approximate surface area is 187 Å². The smallest absolute Gasteiger partial charge is 0.321 e. The van der Waals surface area contributed by atoms with Gasteiger partial charge in [0.1, 0.15) is 5.82 Å². The summed E-state index contributed by atoms with van der Waals surface area (Å²) in [7, 11) is 1.65. The lowest BCUT2D eigenvalue weighted by atomic mass is 10.1. The first-order valence-electron chi connectivity index (χ1n) is 11.1. The monoisotopic (exact) mass is 431 g/mol. The second kappa shape index (κ2) is 9.78. The van der Waals surface area contributed by atoms with Gasteiger partial charge in [-0.25, -0.2) is 9.78 Å². The maximum atomic E-state index is 12.7. The van der Waals surface area contributed by atoms with E-state index in [9.17, 15) is 9.59 Å². The van der Waals surface area contributed by atoms with Gasteiger partial charge in [0.25, 0.3) is 5.56 Å². The Morgan fingerprint density at radius 3 is 2.06 bits per heavy atom. The normalized spacial score (nSPS) is 11.5. The second-order valence-corrected chi connectivity index (χ2v) is 8.14. The number of aromatic amines is 1. The summed E-state index contributed by atoms with van der Waals surface area (Å²) >= 11 is 0. The van der Waals surface area contributed by atoms with Crippen molar-refractivity contribution in [2.45, 2.75) is 45.9 Å². The fourth-order valence-electron chi connectivity index (χ4n) is 4.01. The molecular formula is C25H29N5O2. The number of imidazole rings is 1. The average Bonchev–Trinajstić information content (AvgIpc) is 3.16. The van der Waals surface area contributed by atoms with Crippen molar-refractivity contribution in [1.82, 2.24) is 24.0 Å². The molecule has 0 saturated heterocycles. The van der Waals surface area contributed by atoms with Gasteiger partial charge < -0.3 is 4.57 Å². The number of hydrogen-bond acceptors (Lipinski definition) is 4. The lowest BCUT2D eigenvalue weighted by Crippen LogP contribution is -2.29. The van der Waals surface area contributed by atoms with E-state index in [2.05, 4.69) is 41.1 Å². The highest BCUT2D eigenvalue weighted by molar-refractivity contribution is 5.70. The number of hydrogen-bond donors (Lipinski definition) is 1. The van der Waals surface area contributed by atoms with Crippen molar-refractivity contribution < 1.29 is 0 Å². The molecule has 0 aliphatic heterocycles. The van der Waals surface area contributed by atoms with E-state index in [0.717, 1.165) is 31.8 Å². The number of unbranched alkanes of at least 4 members (excludes halogenated alkanes) is 1. The number of aromatic nitrogens is 4. The molecule has 4 rings (SSSR count). The van der Waals surface area contributed by atoms with Gasteiger partial charge in [-0.3, -0.25) is 19.2 Å². The summed E-state index contributed by atoms with van der Waals surface area (Å²) in [5.41, 5.74) is 2.50. The molecule has 0 radical (unpaired) electrons. The van der Waals surface area contributed by atoms with Crippen LogP contribution in [0, 0.1) is 0 Å². The van der Waals surface area contributed by atoms with Gasteiger partial charge in [0, 0.05) is 26.7 Å². The lowest BCUT2D eigenvalue weighted by Gasteiger charge is -2.23. The van der Waals surface area contributed by atoms with E-state index in [1.165, 1.54) is 15.7 Å². The van der Waals surface area contributed by atoms with Crippen LogP contribution in [-0.4, -0.2) is 24.0 Å². The van der Waals surface area contributed by atoms with Crippen molar-refractivity contribution in [2.24, 2.45) is 7.05 Å². The Morgan fingerprint density at radius 2 is 1.50 bits per heavy atom. The third-order valence-corrected chi connectivity index (χ3v) is 5.68. The Morgan fingerprint density at radius 1 is 0.906 bits per heavy atom. The van der Waals surface area contributed by atoms with Crippen LogP contribution in [0.15, 0.2) is 70.3 Å². The van der Waals surface area contributed by atoms with E-state index in [-0.39, 0.29) is 5.56 Å². The standard InChI is InChI=1S/C25H29N5O2/c1-3-4-15-30-21(26-23-22(30)24(31)27-25(32)28(23)2)18-29(16-19-11-7-5-8-12-19)17-20-13-9-6-10-14-20/h5-14H,3-4,15-18H2,1-2H3,(H,27,31,32). The number of H-pyrrole nitrogens is 1. The third-order valence-electron chi connectivity index (χ3n) is 5.68. The molecule has 0 unspecified atom stereocenters. The van der Waals surface area contributed by atoms with Crippen LogP contribution in [0.2, 0.25) is 0 Å². The first-order valence-corrected chi connectivity index (χ1v) is 11.1. The predicted octanol–water partition coefficient (Wildman–Crippen LogP) is 3.43. The summed E-state index contributed by atoms with van der Waals surface area (Å²) in [4.78, 5) is 34.3. The van der Waals surface area contributed by atoms with Crippen LogP contribution < -0.4 is 11.2 Å². The highest BCUT2D eigenvalue weighted by Gasteiger charge is 2.19. The molecule has 0 aliphatic carbocycles. The summed E-state index contributed by atoms with van der Waals surface area (Å²) in [5, 5.41) is 0. The molecule has 32 heavy (non-hydrogen) atoms. The molecule has 0 aliphatic rings. The number of nitrogens with one attached hydrogen (secondary N) is 1. The highest BCUT2D eigenvalue weighted by atomic mass is 16.2. The summed E-state index contributed by atoms with van der Waals surface area (Å²) in [5.74, 6) is 0.798. The number of fused-ring (bicyclic) bond motifs is 1. The van der Waals surface area contributed by atoms with Gasteiger partial charge in [0.05, 0.1) is 6.54 Å². The Hall–Kier alpha value is -3.45. The Balaban J connectivity index is 1.75. The predicted molar refractivity (Wildman–Crippen MR) is 126 cm³/mol. The van der Waals surface area contributed by atoms with Crippen LogP contribution in [0.3, 0.4) is 0 Å². The molecule has 2 aromatic carbocycles. The van der Waals surface area contributed by atoms with Crippen molar-refractivity contribution in [2.75, 3.05) is 0 Å². The number of aryl methyl sites for hydroxylation is 2. The zero-order valence-electron chi connectivity index (χ0n) is 18.6. The molecule has 2 aromatic heterocycles. The summed E-state index contributed by atoms with van der Waals surface area (Å²) < 4.78 is 3.40. The maximum Gasteiger partial charge on any atom is 0.329 e. The van der Waals surface area contributed by atoms with E-state index in [1.807, 2.05) is 41.0 Å². The van der Waals surface area contributed by atoms with Crippen molar-refractivity contribution in [3.63, 3.8) is 0 Å². The van der Waals surface area contributed by atoms with Crippen LogP contribution in [0.4, 0.5) is 0 Å². The molecule has 0 saturated carbocycles. The molecule has 0 fully saturated rings. The van der Waals surface area contributed by atoms with E-state index in [1.54, 1.807) is 7.05 Å². The molecule has 0 bridgehead atoms. The highest BCUT2D eigenvalue weighted by Crippen LogP contribution is 2.18. The SMILES string of the molecule is CCCCn1c(CN(Cc2ccccc2)Cc2ccccc2)nc2c1c(=O)[nH]c(=O)n2C. The third kappa shape index (κ3) is 4.73. The van der Waals surface area contributed by atoms with E-state index < -0.39 is 5.69 Å². The zero-order valence-corrected chi connectivity index (χ0v) is 18.6. The molecular weight excluding hydrogens is 402 g/mol. The number of benzene rings is 2. The largest absolute Gasteiger partial charge is 0.329 e. The second-order valence-electron chi connectivity index (χ2n) is 8.14. The molecule has 0 amide bonds. The van der Waals surface area contributed by atoms with Gasteiger partial charge in [-0.05, 0) is 17.5 Å². The van der Waals surface area contributed by atoms with Gasteiger partial charge in [0.15, 0.2) is 11.2 Å². The van der Waals surface area contributed by atoms with Crippen molar-refractivity contribution >= 4 is 11.2 Å². The lowest BCUT2D eigenvalue weighted by molar-refractivity contribution is 0.238. The Kier molecular flexibility index (Phi) is 6.66. The van der Waals surface area contributed by atoms with Gasteiger partial charge in [-0.1, -0.05) is 74.0 Å². The van der Waals surface area contributed by atoms with Gasteiger partial charge >= 0.3 is 5.69 Å². The van der Waals surface area contributed by atoms with Crippen molar-refractivity contribution in [3.8, 4) is 0 Å². The van der Waals surface area contributed by atoms with Crippen LogP contribution in [0.5, 0.6) is 0 Å². The molecule has 7 heteroatoms. The van der Waals surface area contributed by atoms with Crippen molar-refractivity contribution in [3.05, 3.63) is 98.5 Å². The molecule has 0 spiro atoms. The van der Waals surface area contributed by atoms with E-state index in [0.29, 0.717) is 24.3 Å². The van der Waals surface area contributed by atoms with Crippen LogP contribution in [0.25, 0.3) is 11.2 Å². The van der Waals surface area contributed by atoms with Crippen molar-refractivity contribution in [1.29, 1.82) is 0 Å². The fourth-order valence-corrected chi connectivity index (χ4v) is 4.01. The van der Waals surface area contributed by atoms with Crippen LogP contribution in [0.1, 0.15) is 36.7 Å². The maximum absolute atomic E-state index is 12.7. The Bertz CT molecular complexity index is 1250. The first kappa shape index (κ1) is 21.8. The first-order chi connectivity index (χ1) is 15.6. The summed E-state index contributed by atoms with van der Waals surface area (Å²) in [6.45, 7) is 4.88. The molecule has 4 aromatic rings. The van der Waals surface area contributed by atoms with Crippen LogP contribution in [-0.2, 0) is 33.2 Å². The quantitative estimate of drug-likeness (QED) is 0.441. The molecule has 166 valence electrons. The molecule has 0 atom stereocenters. The molecule has 1 N–H and O–H groups in total. The minimum absolute atomic E-state index is 0.379. The average molecular weight is 432 g/mol. The van der Waals surface area contributed by atoms with E-state index in [4.69, 9.17) is 4.98 Å². The van der Waals surface area contributed by atoms with Gasteiger partial charge in [0.2, 0.25) is 0 Å². The summed E-state index contributed by atoms with van der Waals surface area (Å²) in [6.07, 6.45) is 1.93. The molecule has 7 nitrogen and oxygen atoms in total. The minimum atomic E-state index is -0.445. The van der Waals surface area contributed by atoms with Crippen LogP contribution >= 0.6 is 0 Å². The molecule has 2 heterocycles. The zero-order chi connectivity index (χ0) is 22.5. The van der Waals surface area contributed by atoms with E-state index >= 15 is 0 Å². The van der Waals surface area contributed by atoms with Gasteiger partial charge in [-0.2, -0.15) is 0 Å². The van der Waals surface area contributed by atoms with Gasteiger partial charge in [-0.15, -0.1) is 0 Å². The number of nitrogens with zero attached hydrogens (tertiary/aromatic N) is 4. The minimum Gasteiger partial charge on any atom is -0.321 e. The summed E-state index contributed by atoms with van der Waals surface area (Å²) in [6, 6.07) is 20.7. The fraction of sp³-hybridized carbons (Fsp3) is 0.320. The topological polar surface area (TPSA) is 75.9 Å². The number of rotatable bonds is 9.